The molecule has 0 unspecified atom stereocenters. The summed E-state index contributed by atoms with van der Waals surface area (Å²) in [5, 5.41) is 8.71. The molecule has 5 nitrogen and oxygen atoms in total. The average molecular weight is 282 g/mol. The number of hydrogen-bond acceptors (Lipinski definition) is 2. The van der Waals surface area contributed by atoms with Gasteiger partial charge in [-0.1, -0.05) is 13.8 Å². The lowest BCUT2D eigenvalue weighted by Crippen LogP contribution is -2.46. The fraction of sp³-hybridized carbons (Fsp3) is 0.867. The van der Waals surface area contributed by atoms with Crippen LogP contribution in [0, 0.1) is 11.3 Å². The van der Waals surface area contributed by atoms with Gasteiger partial charge in [0.05, 0.1) is 0 Å². The van der Waals surface area contributed by atoms with Gasteiger partial charge in [-0.2, -0.15) is 0 Å². The summed E-state index contributed by atoms with van der Waals surface area (Å²) >= 11 is 0. The summed E-state index contributed by atoms with van der Waals surface area (Å²) in [4.78, 5) is 26.9. The third-order valence-electron chi connectivity index (χ3n) is 4.60. The molecule has 2 fully saturated rings. The molecule has 0 aromatic heterocycles. The molecule has 2 amide bonds. The van der Waals surface area contributed by atoms with Crippen LogP contribution < -0.4 is 0 Å². The number of carbonyl (C=O) groups is 2. The van der Waals surface area contributed by atoms with Crippen LogP contribution in [0.5, 0.6) is 0 Å². The lowest BCUT2D eigenvalue weighted by atomic mass is 9.92. The highest BCUT2D eigenvalue weighted by molar-refractivity contribution is 5.75. The van der Waals surface area contributed by atoms with Gasteiger partial charge in [0.2, 0.25) is 0 Å². The van der Waals surface area contributed by atoms with E-state index >= 15 is 0 Å². The zero-order chi connectivity index (χ0) is 14.8. The van der Waals surface area contributed by atoms with Crippen LogP contribution in [0.15, 0.2) is 0 Å². The Balaban J connectivity index is 1.76. The lowest BCUT2D eigenvalue weighted by molar-refractivity contribution is -0.137. The van der Waals surface area contributed by atoms with E-state index in [2.05, 4.69) is 13.8 Å². The SMILES string of the molecule is CC1(C)CCN(C(=O)N2CCC(CCC(=O)O)CC2)C1. The van der Waals surface area contributed by atoms with Crippen LogP contribution in [-0.2, 0) is 4.79 Å². The fourth-order valence-corrected chi connectivity index (χ4v) is 3.22. The van der Waals surface area contributed by atoms with Crippen molar-refractivity contribution in [1.29, 1.82) is 0 Å². The number of hydrogen-bond donors (Lipinski definition) is 1. The number of amides is 2. The maximum Gasteiger partial charge on any atom is 0.320 e. The van der Waals surface area contributed by atoms with Gasteiger partial charge in [0.15, 0.2) is 0 Å². The minimum Gasteiger partial charge on any atom is -0.481 e. The minimum atomic E-state index is -0.720. The van der Waals surface area contributed by atoms with Crippen molar-refractivity contribution in [3.8, 4) is 0 Å². The molecule has 0 bridgehead atoms. The van der Waals surface area contributed by atoms with Gasteiger partial charge in [-0.3, -0.25) is 4.79 Å². The van der Waals surface area contributed by atoms with Crippen molar-refractivity contribution >= 4 is 12.0 Å². The number of carbonyl (C=O) groups excluding carboxylic acids is 1. The second-order valence-corrected chi connectivity index (χ2v) is 6.98. The van der Waals surface area contributed by atoms with E-state index in [4.69, 9.17) is 5.11 Å². The number of carboxylic acids is 1. The topological polar surface area (TPSA) is 60.9 Å². The number of carboxylic acid groups (broad SMARTS) is 1. The molecular weight excluding hydrogens is 256 g/mol. The van der Waals surface area contributed by atoms with Crippen LogP contribution in [0.1, 0.15) is 46.0 Å². The summed E-state index contributed by atoms with van der Waals surface area (Å²) in [5.74, 6) is -0.257. The Labute approximate surface area is 120 Å². The van der Waals surface area contributed by atoms with E-state index in [-0.39, 0.29) is 17.9 Å². The lowest BCUT2D eigenvalue weighted by Gasteiger charge is -2.34. The van der Waals surface area contributed by atoms with Crippen LogP contribution in [0.25, 0.3) is 0 Å². The second kappa shape index (κ2) is 6.02. The van der Waals surface area contributed by atoms with Crippen LogP contribution in [0.3, 0.4) is 0 Å². The van der Waals surface area contributed by atoms with Gasteiger partial charge in [-0.05, 0) is 37.0 Å². The molecule has 5 heteroatoms. The number of nitrogens with zero attached hydrogens (tertiary/aromatic N) is 2. The van der Waals surface area contributed by atoms with Gasteiger partial charge in [0, 0.05) is 32.6 Å². The van der Waals surface area contributed by atoms with Gasteiger partial charge < -0.3 is 14.9 Å². The first-order valence-corrected chi connectivity index (χ1v) is 7.63. The third-order valence-corrected chi connectivity index (χ3v) is 4.60. The standard InChI is InChI=1S/C15H26N2O3/c1-15(2)7-10-17(11-15)14(20)16-8-5-12(6-9-16)3-4-13(18)19/h12H,3-11H2,1-2H3,(H,18,19). The number of piperidine rings is 1. The normalized spacial score (nSPS) is 23.1. The zero-order valence-corrected chi connectivity index (χ0v) is 12.6. The predicted molar refractivity (Wildman–Crippen MR) is 76.5 cm³/mol. The maximum atomic E-state index is 12.4. The third kappa shape index (κ3) is 3.87. The number of aliphatic carboxylic acids is 1. The molecule has 0 spiro atoms. The molecule has 0 aliphatic carbocycles. The van der Waals surface area contributed by atoms with Crippen LogP contribution in [0.4, 0.5) is 4.79 Å². The average Bonchev–Trinajstić information content (AvgIpc) is 2.76. The Morgan fingerprint density at radius 2 is 1.80 bits per heavy atom. The van der Waals surface area contributed by atoms with Crippen molar-refractivity contribution in [2.45, 2.75) is 46.0 Å². The Morgan fingerprint density at radius 3 is 2.30 bits per heavy atom. The van der Waals surface area contributed by atoms with Gasteiger partial charge in [-0.15, -0.1) is 0 Å². The maximum absolute atomic E-state index is 12.4. The van der Waals surface area contributed by atoms with Gasteiger partial charge in [-0.25, -0.2) is 4.79 Å². The van der Waals surface area contributed by atoms with E-state index in [0.717, 1.165) is 51.9 Å². The minimum absolute atomic E-state index is 0.173. The largest absolute Gasteiger partial charge is 0.481 e. The molecule has 0 aromatic carbocycles. The molecule has 0 saturated carbocycles. The van der Waals surface area contributed by atoms with Gasteiger partial charge in [0.1, 0.15) is 0 Å². The van der Waals surface area contributed by atoms with E-state index < -0.39 is 5.97 Å². The molecule has 2 heterocycles. The summed E-state index contributed by atoms with van der Waals surface area (Å²) in [6.45, 7) is 7.69. The van der Waals surface area contributed by atoms with E-state index in [1.54, 1.807) is 0 Å². The molecule has 0 radical (unpaired) electrons. The van der Waals surface area contributed by atoms with Crippen molar-refractivity contribution in [2.75, 3.05) is 26.2 Å². The molecule has 2 saturated heterocycles. The van der Waals surface area contributed by atoms with E-state index in [1.807, 2.05) is 9.80 Å². The van der Waals surface area contributed by atoms with Crippen molar-refractivity contribution in [2.24, 2.45) is 11.3 Å². The van der Waals surface area contributed by atoms with E-state index in [9.17, 15) is 9.59 Å². The molecule has 20 heavy (non-hydrogen) atoms. The first-order chi connectivity index (χ1) is 9.37. The molecule has 2 rings (SSSR count). The molecule has 2 aliphatic heterocycles. The quantitative estimate of drug-likeness (QED) is 0.864. The summed E-state index contributed by atoms with van der Waals surface area (Å²) in [6, 6.07) is 0.173. The van der Waals surface area contributed by atoms with E-state index in [0.29, 0.717) is 5.92 Å². The zero-order valence-electron chi connectivity index (χ0n) is 12.6. The predicted octanol–water partition coefficient (Wildman–Crippen LogP) is 2.42. The molecule has 0 aromatic rings. The highest BCUT2D eigenvalue weighted by Gasteiger charge is 2.35. The van der Waals surface area contributed by atoms with Gasteiger partial charge >= 0.3 is 12.0 Å². The molecule has 2 aliphatic rings. The molecular formula is C15H26N2O3. The van der Waals surface area contributed by atoms with E-state index in [1.165, 1.54) is 0 Å². The van der Waals surface area contributed by atoms with Crippen LogP contribution in [0.2, 0.25) is 0 Å². The van der Waals surface area contributed by atoms with Crippen molar-refractivity contribution in [1.82, 2.24) is 9.80 Å². The first-order valence-electron chi connectivity index (χ1n) is 7.63. The highest BCUT2D eigenvalue weighted by atomic mass is 16.4. The Bertz CT molecular complexity index is 373. The summed E-state index contributed by atoms with van der Waals surface area (Å²) in [5.41, 5.74) is 0.246. The number of urea groups is 1. The molecule has 0 atom stereocenters. The second-order valence-electron chi connectivity index (χ2n) is 6.98. The van der Waals surface area contributed by atoms with Crippen LogP contribution >= 0.6 is 0 Å². The Kier molecular flexibility index (Phi) is 4.55. The Hall–Kier alpha value is -1.26. The smallest absolute Gasteiger partial charge is 0.320 e. The highest BCUT2D eigenvalue weighted by Crippen LogP contribution is 2.30. The van der Waals surface area contributed by atoms with Gasteiger partial charge in [0.25, 0.3) is 0 Å². The van der Waals surface area contributed by atoms with Crippen molar-refractivity contribution < 1.29 is 14.7 Å². The fourth-order valence-electron chi connectivity index (χ4n) is 3.22. The molecule has 114 valence electrons. The summed E-state index contributed by atoms with van der Waals surface area (Å²) < 4.78 is 0. The molecule has 1 N–H and O–H groups in total. The summed E-state index contributed by atoms with van der Waals surface area (Å²) in [6.07, 6.45) is 3.95. The monoisotopic (exact) mass is 282 g/mol. The number of likely N-dealkylation sites (tertiary alicyclic amines) is 2. The summed E-state index contributed by atoms with van der Waals surface area (Å²) in [7, 11) is 0. The number of rotatable bonds is 3. The van der Waals surface area contributed by atoms with Crippen molar-refractivity contribution in [3.63, 3.8) is 0 Å². The van der Waals surface area contributed by atoms with Crippen molar-refractivity contribution in [3.05, 3.63) is 0 Å². The Morgan fingerprint density at radius 1 is 1.15 bits per heavy atom. The van der Waals surface area contributed by atoms with Crippen LogP contribution in [-0.4, -0.2) is 53.1 Å². The first kappa shape index (κ1) is 15.1.